The standard InChI is InChI=1S/C16H17NO6/c1-22-14(18)16(15(19)23-2)9-3-4-12(16)10-11-5-7-13(8-6-11)17(20)21/h5-8,10H,3-4,9H2,1-2H3/b12-10+. The first-order valence-electron chi connectivity index (χ1n) is 7.08. The van der Waals surface area contributed by atoms with Crippen molar-refractivity contribution in [2.24, 2.45) is 5.41 Å². The molecule has 0 heterocycles. The van der Waals surface area contributed by atoms with Crippen LogP contribution in [0, 0.1) is 15.5 Å². The molecule has 0 unspecified atom stereocenters. The molecule has 1 aliphatic carbocycles. The third-order valence-corrected chi connectivity index (χ3v) is 4.06. The summed E-state index contributed by atoms with van der Waals surface area (Å²) in [6.45, 7) is 0. The Balaban J connectivity index is 2.44. The Morgan fingerprint density at radius 2 is 1.74 bits per heavy atom. The first kappa shape index (κ1) is 16.7. The van der Waals surface area contributed by atoms with Gasteiger partial charge in [-0.3, -0.25) is 19.7 Å². The minimum absolute atomic E-state index is 0.0224. The maximum absolute atomic E-state index is 12.2. The molecule has 0 radical (unpaired) electrons. The molecule has 0 amide bonds. The predicted molar refractivity (Wildman–Crippen MR) is 81.4 cm³/mol. The predicted octanol–water partition coefficient (Wildman–Crippen LogP) is 2.49. The van der Waals surface area contributed by atoms with Gasteiger partial charge in [-0.05, 0) is 42.5 Å². The van der Waals surface area contributed by atoms with Gasteiger partial charge in [0, 0.05) is 12.1 Å². The van der Waals surface area contributed by atoms with Crippen molar-refractivity contribution in [1.29, 1.82) is 0 Å². The molecule has 1 aromatic carbocycles. The van der Waals surface area contributed by atoms with Crippen molar-refractivity contribution < 1.29 is 24.0 Å². The molecule has 23 heavy (non-hydrogen) atoms. The number of hydrogen-bond donors (Lipinski definition) is 0. The Kier molecular flexibility index (Phi) is 4.78. The molecule has 0 aromatic heterocycles. The van der Waals surface area contributed by atoms with E-state index in [9.17, 15) is 19.7 Å². The van der Waals surface area contributed by atoms with Crippen LogP contribution in [0.1, 0.15) is 24.8 Å². The van der Waals surface area contributed by atoms with E-state index in [4.69, 9.17) is 9.47 Å². The summed E-state index contributed by atoms with van der Waals surface area (Å²) < 4.78 is 9.62. The molecule has 2 rings (SSSR count). The highest BCUT2D eigenvalue weighted by atomic mass is 16.6. The van der Waals surface area contributed by atoms with Gasteiger partial charge >= 0.3 is 11.9 Å². The van der Waals surface area contributed by atoms with Gasteiger partial charge in [-0.1, -0.05) is 6.08 Å². The van der Waals surface area contributed by atoms with Gasteiger partial charge in [0.2, 0.25) is 0 Å². The van der Waals surface area contributed by atoms with E-state index in [2.05, 4.69) is 0 Å². The zero-order valence-electron chi connectivity index (χ0n) is 12.9. The second kappa shape index (κ2) is 6.60. The average molecular weight is 319 g/mol. The largest absolute Gasteiger partial charge is 0.468 e. The maximum atomic E-state index is 12.2. The Morgan fingerprint density at radius 3 is 2.22 bits per heavy atom. The lowest BCUT2D eigenvalue weighted by Crippen LogP contribution is -2.40. The fourth-order valence-corrected chi connectivity index (χ4v) is 2.90. The molecule has 1 saturated carbocycles. The molecule has 0 N–H and O–H groups in total. The topological polar surface area (TPSA) is 95.7 Å². The van der Waals surface area contributed by atoms with E-state index in [1.165, 1.54) is 26.4 Å². The maximum Gasteiger partial charge on any atom is 0.327 e. The normalized spacial score (nSPS) is 17.7. The lowest BCUT2D eigenvalue weighted by molar-refractivity contribution is -0.384. The summed E-state index contributed by atoms with van der Waals surface area (Å²) in [5, 5.41) is 10.7. The van der Waals surface area contributed by atoms with Crippen LogP contribution < -0.4 is 0 Å². The number of ether oxygens (including phenoxy) is 2. The number of carbonyl (C=O) groups is 2. The first-order valence-corrected chi connectivity index (χ1v) is 7.08. The molecular formula is C16H17NO6. The number of carbonyl (C=O) groups excluding carboxylic acids is 2. The molecule has 0 bridgehead atoms. The molecule has 0 spiro atoms. The van der Waals surface area contributed by atoms with Crippen LogP contribution in [0.5, 0.6) is 0 Å². The third-order valence-electron chi connectivity index (χ3n) is 4.06. The van der Waals surface area contributed by atoms with E-state index in [1.807, 2.05) is 0 Å². The fourth-order valence-electron chi connectivity index (χ4n) is 2.90. The Morgan fingerprint density at radius 1 is 1.17 bits per heavy atom. The Hall–Kier alpha value is -2.70. The minimum atomic E-state index is -1.43. The van der Waals surface area contributed by atoms with Crippen LogP contribution in [0.4, 0.5) is 5.69 Å². The summed E-state index contributed by atoms with van der Waals surface area (Å²) in [5.74, 6) is -1.29. The molecule has 7 heteroatoms. The zero-order valence-corrected chi connectivity index (χ0v) is 12.9. The summed E-state index contributed by atoms with van der Waals surface area (Å²) in [5.41, 5.74) is -0.175. The Bertz CT molecular complexity index is 646. The van der Waals surface area contributed by atoms with E-state index < -0.39 is 22.3 Å². The number of nitro benzene ring substituents is 1. The number of esters is 2. The number of hydrogen-bond acceptors (Lipinski definition) is 6. The van der Waals surface area contributed by atoms with Crippen molar-refractivity contribution in [3.05, 3.63) is 45.5 Å². The lowest BCUT2D eigenvalue weighted by atomic mass is 9.81. The van der Waals surface area contributed by atoms with Crippen molar-refractivity contribution >= 4 is 23.7 Å². The highest BCUT2D eigenvalue weighted by Gasteiger charge is 2.53. The minimum Gasteiger partial charge on any atom is -0.468 e. The zero-order chi connectivity index (χ0) is 17.0. The van der Waals surface area contributed by atoms with Crippen molar-refractivity contribution in [3.8, 4) is 0 Å². The van der Waals surface area contributed by atoms with Crippen LogP contribution in [-0.4, -0.2) is 31.1 Å². The van der Waals surface area contributed by atoms with Crippen molar-refractivity contribution in [3.63, 3.8) is 0 Å². The highest BCUT2D eigenvalue weighted by molar-refractivity contribution is 6.05. The van der Waals surface area contributed by atoms with Gasteiger partial charge in [-0.2, -0.15) is 0 Å². The van der Waals surface area contributed by atoms with Gasteiger partial charge in [-0.15, -0.1) is 0 Å². The van der Waals surface area contributed by atoms with Gasteiger partial charge in [0.25, 0.3) is 5.69 Å². The van der Waals surface area contributed by atoms with Crippen molar-refractivity contribution in [2.75, 3.05) is 14.2 Å². The molecular weight excluding hydrogens is 302 g/mol. The number of benzene rings is 1. The molecule has 1 aromatic rings. The molecule has 7 nitrogen and oxygen atoms in total. The van der Waals surface area contributed by atoms with Crippen LogP contribution in [-0.2, 0) is 19.1 Å². The SMILES string of the molecule is COC(=O)C1(C(=O)OC)CCC/C1=C\c1ccc([N+](=O)[O-])cc1. The summed E-state index contributed by atoms with van der Waals surface area (Å²) >= 11 is 0. The highest BCUT2D eigenvalue weighted by Crippen LogP contribution is 2.46. The second-order valence-corrected chi connectivity index (χ2v) is 5.26. The van der Waals surface area contributed by atoms with Crippen LogP contribution in [0.2, 0.25) is 0 Å². The number of nitro groups is 1. The van der Waals surface area contributed by atoms with Crippen molar-refractivity contribution in [2.45, 2.75) is 19.3 Å². The van der Waals surface area contributed by atoms with Gasteiger partial charge in [0.15, 0.2) is 5.41 Å². The van der Waals surface area contributed by atoms with E-state index in [0.717, 1.165) is 0 Å². The number of non-ortho nitro benzene ring substituents is 1. The van der Waals surface area contributed by atoms with Gasteiger partial charge in [0.05, 0.1) is 19.1 Å². The summed E-state index contributed by atoms with van der Waals surface area (Å²) in [6.07, 6.45) is 3.24. The van der Waals surface area contributed by atoms with Crippen LogP contribution in [0.25, 0.3) is 6.08 Å². The molecule has 0 atom stereocenters. The summed E-state index contributed by atoms with van der Waals surface area (Å²) in [4.78, 5) is 34.7. The van der Waals surface area contributed by atoms with E-state index in [-0.39, 0.29) is 5.69 Å². The summed E-state index contributed by atoms with van der Waals surface area (Å²) in [6, 6.07) is 5.89. The number of rotatable bonds is 4. The van der Waals surface area contributed by atoms with Gasteiger partial charge in [0.1, 0.15) is 0 Å². The van der Waals surface area contributed by atoms with Gasteiger partial charge in [-0.25, -0.2) is 0 Å². The van der Waals surface area contributed by atoms with E-state index in [1.54, 1.807) is 18.2 Å². The molecule has 122 valence electrons. The van der Waals surface area contributed by atoms with E-state index in [0.29, 0.717) is 30.4 Å². The number of nitrogens with zero attached hydrogens (tertiary/aromatic N) is 1. The van der Waals surface area contributed by atoms with E-state index >= 15 is 0 Å². The smallest absolute Gasteiger partial charge is 0.327 e. The summed E-state index contributed by atoms with van der Waals surface area (Å²) in [7, 11) is 2.46. The average Bonchev–Trinajstić information content (AvgIpc) is 2.98. The molecule has 0 saturated heterocycles. The third kappa shape index (κ3) is 2.94. The first-order chi connectivity index (χ1) is 11.0. The monoisotopic (exact) mass is 319 g/mol. The van der Waals surface area contributed by atoms with Crippen LogP contribution in [0.15, 0.2) is 29.8 Å². The lowest BCUT2D eigenvalue weighted by Gasteiger charge is -2.24. The van der Waals surface area contributed by atoms with Gasteiger partial charge < -0.3 is 9.47 Å². The van der Waals surface area contributed by atoms with Crippen LogP contribution in [0.3, 0.4) is 0 Å². The fraction of sp³-hybridized carbons (Fsp3) is 0.375. The van der Waals surface area contributed by atoms with Crippen LogP contribution >= 0.6 is 0 Å². The molecule has 1 aliphatic rings. The Labute approximate surface area is 133 Å². The molecule has 1 fully saturated rings. The molecule has 0 aliphatic heterocycles. The van der Waals surface area contributed by atoms with Crippen molar-refractivity contribution in [1.82, 2.24) is 0 Å². The second-order valence-electron chi connectivity index (χ2n) is 5.26. The number of methoxy groups -OCH3 is 2. The quantitative estimate of drug-likeness (QED) is 0.366.